The highest BCUT2D eigenvalue weighted by atomic mass is 127. The van der Waals surface area contributed by atoms with E-state index in [-0.39, 0.29) is 11.7 Å². The number of benzene rings is 1. The van der Waals surface area contributed by atoms with Crippen molar-refractivity contribution in [3.8, 4) is 0 Å². The van der Waals surface area contributed by atoms with Gasteiger partial charge in [0.05, 0.1) is 5.88 Å². The number of aryl methyl sites for hydroxylation is 2. The molecule has 3 heteroatoms. The van der Waals surface area contributed by atoms with Crippen molar-refractivity contribution in [1.82, 2.24) is 0 Å². The van der Waals surface area contributed by atoms with Gasteiger partial charge in [0.1, 0.15) is 0 Å². The number of hydrogen-bond acceptors (Lipinski definition) is 1. The summed E-state index contributed by atoms with van der Waals surface area (Å²) in [6, 6.07) is 3.91. The molecule has 1 aromatic rings. The normalized spacial score (nSPS) is 10.2. The van der Waals surface area contributed by atoms with Gasteiger partial charge in [-0.25, -0.2) is 0 Å². The molecule has 0 heterocycles. The molecule has 1 nitrogen and oxygen atoms in total. The summed E-state index contributed by atoms with van der Waals surface area (Å²) in [7, 11) is 0. The Morgan fingerprint density at radius 3 is 2.54 bits per heavy atom. The van der Waals surface area contributed by atoms with Crippen LogP contribution in [-0.4, -0.2) is 11.7 Å². The first-order chi connectivity index (χ1) is 6.06. The summed E-state index contributed by atoms with van der Waals surface area (Å²) >= 11 is 7.72. The quantitative estimate of drug-likeness (QED) is 0.465. The van der Waals surface area contributed by atoms with Crippen LogP contribution in [0, 0.1) is 17.4 Å². The molecule has 0 unspecified atom stereocenters. The monoisotopic (exact) mass is 308 g/mol. The van der Waals surface area contributed by atoms with Gasteiger partial charge in [0.25, 0.3) is 0 Å². The van der Waals surface area contributed by atoms with Crippen molar-refractivity contribution in [2.45, 2.75) is 13.8 Å². The Kier molecular flexibility index (Phi) is 3.74. The summed E-state index contributed by atoms with van der Waals surface area (Å²) in [4.78, 5) is 11.4. The molecular weight excluding hydrogens is 298 g/mol. The molecule has 0 aliphatic heterocycles. The second-order valence-electron chi connectivity index (χ2n) is 2.97. The molecule has 0 spiro atoms. The molecule has 0 aliphatic rings. The van der Waals surface area contributed by atoms with Gasteiger partial charge in [-0.05, 0) is 53.6 Å². The number of halogens is 2. The molecular formula is C10H10ClIO. The van der Waals surface area contributed by atoms with Gasteiger partial charge < -0.3 is 0 Å². The molecule has 0 fully saturated rings. The second kappa shape index (κ2) is 4.42. The van der Waals surface area contributed by atoms with E-state index in [1.54, 1.807) is 0 Å². The minimum absolute atomic E-state index is 0.00270. The minimum Gasteiger partial charge on any atom is -0.293 e. The van der Waals surface area contributed by atoms with E-state index >= 15 is 0 Å². The molecule has 0 N–H and O–H groups in total. The Labute approximate surface area is 96.6 Å². The van der Waals surface area contributed by atoms with E-state index in [4.69, 9.17) is 11.6 Å². The standard InChI is InChI=1S/C10H10ClIO/c1-6-3-7(2)9(12)4-8(6)10(13)5-11/h3-4H,5H2,1-2H3. The van der Waals surface area contributed by atoms with Crippen molar-refractivity contribution in [2.75, 3.05) is 5.88 Å². The molecule has 0 saturated carbocycles. The van der Waals surface area contributed by atoms with Crippen LogP contribution in [0.15, 0.2) is 12.1 Å². The maximum atomic E-state index is 11.4. The third-order valence-corrected chi connectivity index (χ3v) is 3.33. The van der Waals surface area contributed by atoms with Crippen LogP contribution < -0.4 is 0 Å². The van der Waals surface area contributed by atoms with Crippen LogP contribution in [0.25, 0.3) is 0 Å². The van der Waals surface area contributed by atoms with Crippen LogP contribution in [-0.2, 0) is 0 Å². The first-order valence-corrected chi connectivity index (χ1v) is 5.53. The number of Topliss-reactive ketones (excluding diaryl/α,β-unsaturated/α-hetero) is 1. The predicted molar refractivity (Wildman–Crippen MR) is 63.7 cm³/mol. The zero-order valence-corrected chi connectivity index (χ0v) is 10.4. The van der Waals surface area contributed by atoms with E-state index in [9.17, 15) is 4.79 Å². The van der Waals surface area contributed by atoms with Crippen LogP contribution in [0.5, 0.6) is 0 Å². The molecule has 0 amide bonds. The minimum atomic E-state index is -0.00270. The zero-order valence-electron chi connectivity index (χ0n) is 7.53. The van der Waals surface area contributed by atoms with Gasteiger partial charge in [0.2, 0.25) is 0 Å². The molecule has 0 aromatic heterocycles. The highest BCUT2D eigenvalue weighted by Gasteiger charge is 2.09. The summed E-state index contributed by atoms with van der Waals surface area (Å²) in [6.45, 7) is 3.96. The number of alkyl halides is 1. The van der Waals surface area contributed by atoms with Crippen molar-refractivity contribution < 1.29 is 4.79 Å². The van der Waals surface area contributed by atoms with Gasteiger partial charge in [-0.3, -0.25) is 4.79 Å². The van der Waals surface area contributed by atoms with Gasteiger partial charge in [-0.15, -0.1) is 11.6 Å². The van der Waals surface area contributed by atoms with Crippen molar-refractivity contribution in [2.24, 2.45) is 0 Å². The van der Waals surface area contributed by atoms with E-state index in [1.165, 1.54) is 5.56 Å². The fraction of sp³-hybridized carbons (Fsp3) is 0.300. The molecule has 0 saturated heterocycles. The first-order valence-electron chi connectivity index (χ1n) is 3.92. The molecule has 1 aromatic carbocycles. The summed E-state index contributed by atoms with van der Waals surface area (Å²) in [5, 5.41) is 0. The maximum Gasteiger partial charge on any atom is 0.177 e. The van der Waals surface area contributed by atoms with E-state index in [0.717, 1.165) is 14.7 Å². The van der Waals surface area contributed by atoms with E-state index < -0.39 is 0 Å². The lowest BCUT2D eigenvalue weighted by molar-refractivity contribution is 0.102. The number of carbonyl (C=O) groups excluding carboxylic acids is 1. The Morgan fingerprint density at radius 2 is 2.00 bits per heavy atom. The third kappa shape index (κ3) is 2.44. The van der Waals surface area contributed by atoms with Gasteiger partial charge >= 0.3 is 0 Å². The van der Waals surface area contributed by atoms with Gasteiger partial charge in [0.15, 0.2) is 5.78 Å². The van der Waals surface area contributed by atoms with Crippen molar-refractivity contribution in [3.05, 3.63) is 32.4 Å². The second-order valence-corrected chi connectivity index (χ2v) is 4.40. The Balaban J connectivity index is 3.23. The van der Waals surface area contributed by atoms with Crippen LogP contribution in [0.1, 0.15) is 21.5 Å². The summed E-state index contributed by atoms with van der Waals surface area (Å²) in [5.41, 5.74) is 2.94. The lowest BCUT2D eigenvalue weighted by atomic mass is 10.0. The number of hydrogen-bond donors (Lipinski definition) is 0. The summed E-state index contributed by atoms with van der Waals surface area (Å²) in [5.74, 6) is 0.0528. The van der Waals surface area contributed by atoms with Crippen LogP contribution in [0.2, 0.25) is 0 Å². The van der Waals surface area contributed by atoms with Crippen LogP contribution in [0.4, 0.5) is 0 Å². The first kappa shape index (κ1) is 11.0. The van der Waals surface area contributed by atoms with Crippen molar-refractivity contribution >= 4 is 40.0 Å². The maximum absolute atomic E-state index is 11.4. The number of ketones is 1. The predicted octanol–water partition coefficient (Wildman–Crippen LogP) is 3.33. The number of rotatable bonds is 2. The summed E-state index contributed by atoms with van der Waals surface area (Å²) in [6.07, 6.45) is 0. The average molecular weight is 309 g/mol. The zero-order chi connectivity index (χ0) is 10.0. The van der Waals surface area contributed by atoms with E-state index in [2.05, 4.69) is 22.6 Å². The highest BCUT2D eigenvalue weighted by molar-refractivity contribution is 14.1. The Hall–Kier alpha value is -0.0900. The lowest BCUT2D eigenvalue weighted by Crippen LogP contribution is -2.04. The fourth-order valence-corrected chi connectivity index (χ4v) is 1.81. The molecule has 70 valence electrons. The largest absolute Gasteiger partial charge is 0.293 e. The molecule has 0 aliphatic carbocycles. The van der Waals surface area contributed by atoms with Crippen LogP contribution >= 0.6 is 34.2 Å². The Bertz CT molecular complexity index is 347. The molecule has 0 bridgehead atoms. The third-order valence-electron chi connectivity index (χ3n) is 1.93. The smallest absolute Gasteiger partial charge is 0.177 e. The molecule has 1 rings (SSSR count). The van der Waals surface area contributed by atoms with E-state index in [0.29, 0.717) is 0 Å². The number of carbonyl (C=O) groups is 1. The summed E-state index contributed by atoms with van der Waals surface area (Å²) < 4.78 is 1.11. The molecule has 0 atom stereocenters. The highest BCUT2D eigenvalue weighted by Crippen LogP contribution is 2.18. The SMILES string of the molecule is Cc1cc(C)c(C(=O)CCl)cc1I. The lowest BCUT2D eigenvalue weighted by Gasteiger charge is -2.06. The van der Waals surface area contributed by atoms with Gasteiger partial charge in [0, 0.05) is 9.13 Å². The van der Waals surface area contributed by atoms with E-state index in [1.807, 2.05) is 26.0 Å². The Morgan fingerprint density at radius 1 is 1.38 bits per heavy atom. The topological polar surface area (TPSA) is 17.1 Å². The van der Waals surface area contributed by atoms with Crippen molar-refractivity contribution in [1.29, 1.82) is 0 Å². The van der Waals surface area contributed by atoms with Gasteiger partial charge in [-0.1, -0.05) is 6.07 Å². The molecule has 0 radical (unpaired) electrons. The fourth-order valence-electron chi connectivity index (χ4n) is 1.20. The van der Waals surface area contributed by atoms with Crippen LogP contribution in [0.3, 0.4) is 0 Å². The van der Waals surface area contributed by atoms with Gasteiger partial charge in [-0.2, -0.15) is 0 Å². The molecule has 13 heavy (non-hydrogen) atoms. The average Bonchev–Trinajstić information content (AvgIpc) is 2.10. The van der Waals surface area contributed by atoms with Crippen molar-refractivity contribution in [3.63, 3.8) is 0 Å².